The summed E-state index contributed by atoms with van der Waals surface area (Å²) in [4.78, 5) is 24.0. The lowest BCUT2D eigenvalue weighted by Gasteiger charge is -2.11. The quantitative estimate of drug-likeness (QED) is 0.800. The summed E-state index contributed by atoms with van der Waals surface area (Å²) in [6.45, 7) is -0.180. The van der Waals surface area contributed by atoms with Gasteiger partial charge in [-0.1, -0.05) is 18.1 Å². The van der Waals surface area contributed by atoms with Gasteiger partial charge in [-0.2, -0.15) is 0 Å². The first kappa shape index (κ1) is 17.0. The van der Waals surface area contributed by atoms with Crippen LogP contribution in [0, 0.1) is 18.2 Å². The van der Waals surface area contributed by atoms with Crippen molar-refractivity contribution < 1.29 is 18.7 Å². The van der Waals surface area contributed by atoms with Gasteiger partial charge in [0.15, 0.2) is 6.61 Å². The van der Waals surface area contributed by atoms with E-state index in [1.54, 1.807) is 24.3 Å². The van der Waals surface area contributed by atoms with Gasteiger partial charge in [-0.25, -0.2) is 4.39 Å². The Balaban J connectivity index is 1.97. The van der Waals surface area contributed by atoms with Crippen molar-refractivity contribution in [3.8, 4) is 18.1 Å². The molecule has 0 aliphatic heterocycles. The standard InChI is InChI=1S/C18H15FN2O3/c1-2-11-20-18(23)15-5-3-4-6-16(15)21-17(22)12-24-14-9-7-13(19)8-10-14/h1,3-10H,11-12H2,(H,20,23)(H,21,22). The fourth-order valence-electron chi connectivity index (χ4n) is 1.88. The van der Waals surface area contributed by atoms with Crippen LogP contribution in [0.2, 0.25) is 0 Å². The molecule has 6 heteroatoms. The smallest absolute Gasteiger partial charge is 0.262 e. The molecule has 0 spiro atoms. The van der Waals surface area contributed by atoms with Gasteiger partial charge in [-0.3, -0.25) is 9.59 Å². The lowest BCUT2D eigenvalue weighted by molar-refractivity contribution is -0.118. The Morgan fingerprint density at radius 1 is 1.12 bits per heavy atom. The minimum Gasteiger partial charge on any atom is -0.484 e. The number of hydrogen-bond acceptors (Lipinski definition) is 3. The zero-order valence-electron chi connectivity index (χ0n) is 12.7. The average molecular weight is 326 g/mol. The van der Waals surface area contributed by atoms with E-state index in [0.29, 0.717) is 17.0 Å². The van der Waals surface area contributed by atoms with E-state index in [2.05, 4.69) is 16.6 Å². The van der Waals surface area contributed by atoms with Crippen molar-refractivity contribution in [2.75, 3.05) is 18.5 Å². The van der Waals surface area contributed by atoms with Crippen molar-refractivity contribution in [1.82, 2.24) is 5.32 Å². The minimum absolute atomic E-state index is 0.0921. The largest absolute Gasteiger partial charge is 0.484 e. The van der Waals surface area contributed by atoms with Crippen LogP contribution in [0.4, 0.5) is 10.1 Å². The molecule has 0 aromatic heterocycles. The fraction of sp³-hybridized carbons (Fsp3) is 0.111. The monoisotopic (exact) mass is 326 g/mol. The Morgan fingerprint density at radius 3 is 2.54 bits per heavy atom. The third-order valence-electron chi connectivity index (χ3n) is 2.98. The first-order valence-corrected chi connectivity index (χ1v) is 7.09. The zero-order chi connectivity index (χ0) is 17.4. The molecule has 2 aromatic carbocycles. The van der Waals surface area contributed by atoms with Crippen LogP contribution in [0.1, 0.15) is 10.4 Å². The molecule has 2 rings (SSSR count). The number of terminal acetylenes is 1. The number of carbonyl (C=O) groups is 2. The highest BCUT2D eigenvalue weighted by molar-refractivity contribution is 6.04. The van der Waals surface area contributed by atoms with Crippen LogP contribution in [0.25, 0.3) is 0 Å². The summed E-state index contributed by atoms with van der Waals surface area (Å²) in [6.07, 6.45) is 5.10. The molecular formula is C18H15FN2O3. The van der Waals surface area contributed by atoms with E-state index in [1.165, 1.54) is 24.3 Å². The summed E-state index contributed by atoms with van der Waals surface area (Å²) in [5, 5.41) is 5.13. The molecule has 5 nitrogen and oxygen atoms in total. The first-order valence-electron chi connectivity index (χ1n) is 7.09. The third-order valence-corrected chi connectivity index (χ3v) is 2.98. The maximum absolute atomic E-state index is 12.8. The van der Waals surface area contributed by atoms with Gasteiger partial charge in [0.1, 0.15) is 11.6 Å². The number of hydrogen-bond donors (Lipinski definition) is 2. The number of benzene rings is 2. The Morgan fingerprint density at radius 2 is 1.83 bits per heavy atom. The fourth-order valence-corrected chi connectivity index (χ4v) is 1.88. The number of nitrogens with one attached hydrogen (secondary N) is 2. The van der Waals surface area contributed by atoms with E-state index in [1.807, 2.05) is 0 Å². The number of halogens is 1. The van der Waals surface area contributed by atoms with Crippen LogP contribution in [-0.4, -0.2) is 25.0 Å². The van der Waals surface area contributed by atoms with E-state index < -0.39 is 11.7 Å². The molecule has 2 amide bonds. The second-order valence-corrected chi connectivity index (χ2v) is 4.72. The van der Waals surface area contributed by atoms with E-state index in [4.69, 9.17) is 11.2 Å². The Labute approximate surface area is 138 Å². The van der Waals surface area contributed by atoms with Gasteiger partial charge >= 0.3 is 0 Å². The van der Waals surface area contributed by atoms with Crippen LogP contribution in [-0.2, 0) is 4.79 Å². The Hall–Kier alpha value is -3.33. The number of anilines is 1. The number of ether oxygens (including phenoxy) is 1. The average Bonchev–Trinajstić information content (AvgIpc) is 2.59. The van der Waals surface area contributed by atoms with Gasteiger partial charge in [-0.15, -0.1) is 6.42 Å². The molecule has 24 heavy (non-hydrogen) atoms. The van der Waals surface area contributed by atoms with Crippen molar-refractivity contribution in [3.63, 3.8) is 0 Å². The lowest BCUT2D eigenvalue weighted by Crippen LogP contribution is -2.26. The van der Waals surface area contributed by atoms with E-state index >= 15 is 0 Å². The highest BCUT2D eigenvalue weighted by Crippen LogP contribution is 2.15. The summed E-state index contributed by atoms with van der Waals surface area (Å²) in [7, 11) is 0. The molecule has 0 fully saturated rings. The molecule has 2 N–H and O–H groups in total. The van der Waals surface area contributed by atoms with Gasteiger partial charge in [0.25, 0.3) is 11.8 Å². The molecular weight excluding hydrogens is 311 g/mol. The van der Waals surface area contributed by atoms with E-state index in [0.717, 1.165) is 0 Å². The minimum atomic E-state index is -0.448. The molecule has 0 bridgehead atoms. The summed E-state index contributed by atoms with van der Waals surface area (Å²) >= 11 is 0. The SMILES string of the molecule is C#CCNC(=O)c1ccccc1NC(=O)COc1ccc(F)cc1. The molecule has 122 valence electrons. The zero-order valence-corrected chi connectivity index (χ0v) is 12.7. The molecule has 0 atom stereocenters. The molecule has 0 aliphatic rings. The number of rotatable bonds is 6. The molecule has 2 aromatic rings. The Kier molecular flexibility index (Phi) is 5.92. The number of para-hydroxylation sites is 1. The van der Waals surface area contributed by atoms with Crippen LogP contribution in [0.5, 0.6) is 5.75 Å². The third kappa shape index (κ3) is 4.85. The maximum atomic E-state index is 12.8. The van der Waals surface area contributed by atoms with Crippen molar-refractivity contribution in [1.29, 1.82) is 0 Å². The molecule has 0 heterocycles. The van der Waals surface area contributed by atoms with Gasteiger partial charge in [0, 0.05) is 0 Å². The molecule has 0 unspecified atom stereocenters. The van der Waals surface area contributed by atoms with Crippen LogP contribution < -0.4 is 15.4 Å². The molecule has 0 aliphatic carbocycles. The summed E-state index contributed by atoms with van der Waals surface area (Å²) in [5.74, 6) is 1.45. The molecule has 0 radical (unpaired) electrons. The van der Waals surface area contributed by atoms with Crippen molar-refractivity contribution in [3.05, 3.63) is 59.9 Å². The topological polar surface area (TPSA) is 67.4 Å². The van der Waals surface area contributed by atoms with Gasteiger partial charge in [0.2, 0.25) is 0 Å². The van der Waals surface area contributed by atoms with Gasteiger partial charge in [0.05, 0.1) is 17.8 Å². The summed E-state index contributed by atoms with van der Waals surface area (Å²) < 4.78 is 18.1. The lowest BCUT2D eigenvalue weighted by atomic mass is 10.1. The second-order valence-electron chi connectivity index (χ2n) is 4.72. The first-order chi connectivity index (χ1) is 11.6. The van der Waals surface area contributed by atoms with Crippen molar-refractivity contribution in [2.45, 2.75) is 0 Å². The predicted octanol–water partition coefficient (Wildman–Crippen LogP) is 2.21. The highest BCUT2D eigenvalue weighted by Gasteiger charge is 2.12. The van der Waals surface area contributed by atoms with E-state index in [9.17, 15) is 14.0 Å². The Bertz CT molecular complexity index is 767. The summed E-state index contributed by atoms with van der Waals surface area (Å²) in [5.41, 5.74) is 0.641. The van der Waals surface area contributed by atoms with Crippen LogP contribution in [0.15, 0.2) is 48.5 Å². The van der Waals surface area contributed by atoms with Gasteiger partial charge < -0.3 is 15.4 Å². The molecule has 0 saturated heterocycles. The summed E-state index contributed by atoms with van der Waals surface area (Å²) in [6, 6.07) is 11.8. The van der Waals surface area contributed by atoms with Gasteiger partial charge in [-0.05, 0) is 36.4 Å². The normalized spacial score (nSPS) is 9.67. The molecule has 0 saturated carbocycles. The number of carbonyl (C=O) groups excluding carboxylic acids is 2. The van der Waals surface area contributed by atoms with Crippen LogP contribution in [0.3, 0.4) is 0 Å². The van der Waals surface area contributed by atoms with Crippen molar-refractivity contribution >= 4 is 17.5 Å². The van der Waals surface area contributed by atoms with Crippen molar-refractivity contribution in [2.24, 2.45) is 0 Å². The number of amides is 2. The van der Waals surface area contributed by atoms with Crippen LogP contribution >= 0.6 is 0 Å². The maximum Gasteiger partial charge on any atom is 0.262 e. The second kappa shape index (κ2) is 8.34. The predicted molar refractivity (Wildman–Crippen MR) is 88.1 cm³/mol. The highest BCUT2D eigenvalue weighted by atomic mass is 19.1. The van der Waals surface area contributed by atoms with E-state index in [-0.39, 0.29) is 19.1 Å².